The van der Waals surface area contributed by atoms with Crippen molar-refractivity contribution in [2.75, 3.05) is 18.0 Å². The smallest absolute Gasteiger partial charge is 0.223 e. The lowest BCUT2D eigenvalue weighted by atomic mass is 9.95. The molecule has 7 nitrogen and oxygen atoms in total. The third kappa shape index (κ3) is 4.86. The maximum absolute atomic E-state index is 13.0. The lowest BCUT2D eigenvalue weighted by Crippen LogP contribution is -2.41. The van der Waals surface area contributed by atoms with Gasteiger partial charge in [0.1, 0.15) is 5.82 Å². The minimum absolute atomic E-state index is 0.00326. The molecule has 3 heterocycles. The van der Waals surface area contributed by atoms with Crippen molar-refractivity contribution in [3.8, 4) is 11.4 Å². The Bertz CT molecular complexity index is 1360. The molecule has 0 bridgehead atoms. The Kier molecular flexibility index (Phi) is 6.43. The fourth-order valence-electron chi connectivity index (χ4n) is 4.55. The van der Waals surface area contributed by atoms with Gasteiger partial charge in [-0.15, -0.1) is 15.3 Å². The number of rotatable bonds is 5. The predicted octanol–water partition coefficient (Wildman–Crippen LogP) is 5.16. The van der Waals surface area contributed by atoms with Crippen LogP contribution in [0.3, 0.4) is 0 Å². The van der Waals surface area contributed by atoms with Gasteiger partial charge in [-0.05, 0) is 86.7 Å². The SMILES string of the molecule is Cc1ccc([C@H](C)NC(=O)C2CCN(c3ccc4nnc(-c5ccc(Cl)cc5)n4n3)CC2)cc1C. The number of fused-ring (bicyclic) bond motifs is 1. The fourth-order valence-corrected chi connectivity index (χ4v) is 4.67. The van der Waals surface area contributed by atoms with Crippen molar-refractivity contribution in [1.29, 1.82) is 0 Å². The van der Waals surface area contributed by atoms with E-state index in [4.69, 9.17) is 16.7 Å². The summed E-state index contributed by atoms with van der Waals surface area (Å²) in [5, 5.41) is 17.3. The van der Waals surface area contributed by atoms with Gasteiger partial charge in [0.15, 0.2) is 11.5 Å². The summed E-state index contributed by atoms with van der Waals surface area (Å²) in [5.74, 6) is 1.66. The van der Waals surface area contributed by atoms with Gasteiger partial charge in [0.05, 0.1) is 6.04 Å². The minimum atomic E-state index is -0.0102. The van der Waals surface area contributed by atoms with E-state index in [1.807, 2.05) is 43.3 Å². The number of aryl methyl sites for hydroxylation is 2. The molecule has 8 heteroatoms. The number of halogens is 1. The highest BCUT2D eigenvalue weighted by molar-refractivity contribution is 6.30. The summed E-state index contributed by atoms with van der Waals surface area (Å²) in [6.45, 7) is 7.80. The van der Waals surface area contributed by atoms with E-state index < -0.39 is 0 Å². The molecule has 1 atom stereocenters. The van der Waals surface area contributed by atoms with Gasteiger partial charge >= 0.3 is 0 Å². The standard InChI is InChI=1S/C27H29ClN6O/c1-17-4-5-22(16-18(17)2)19(3)29-27(35)21-12-14-33(15-13-21)25-11-10-24-30-31-26(34(24)32-25)20-6-8-23(28)9-7-20/h4-11,16,19,21H,12-15H2,1-3H3,(H,29,35)/t19-/m0/s1. The number of aromatic nitrogens is 4. The molecule has 5 rings (SSSR count). The summed E-state index contributed by atoms with van der Waals surface area (Å²) in [6.07, 6.45) is 1.58. The van der Waals surface area contributed by atoms with E-state index in [2.05, 4.69) is 52.5 Å². The van der Waals surface area contributed by atoms with Crippen molar-refractivity contribution in [3.05, 3.63) is 76.3 Å². The van der Waals surface area contributed by atoms with Crippen LogP contribution in [0.4, 0.5) is 5.82 Å². The first-order chi connectivity index (χ1) is 16.9. The Morgan fingerprint density at radius 3 is 2.46 bits per heavy atom. The number of amides is 1. The molecule has 0 spiro atoms. The molecule has 2 aromatic carbocycles. The molecule has 1 N–H and O–H groups in total. The monoisotopic (exact) mass is 488 g/mol. The molecule has 1 amide bonds. The second-order valence-electron chi connectivity index (χ2n) is 9.33. The maximum atomic E-state index is 13.0. The molecule has 1 saturated heterocycles. The van der Waals surface area contributed by atoms with Crippen LogP contribution in [0, 0.1) is 19.8 Å². The molecule has 0 saturated carbocycles. The molecule has 1 aliphatic rings. The van der Waals surface area contributed by atoms with E-state index in [1.165, 1.54) is 11.1 Å². The van der Waals surface area contributed by atoms with Crippen LogP contribution >= 0.6 is 11.6 Å². The average Bonchev–Trinajstić information content (AvgIpc) is 3.29. The molecule has 0 aliphatic carbocycles. The maximum Gasteiger partial charge on any atom is 0.223 e. The molecular weight excluding hydrogens is 460 g/mol. The Morgan fingerprint density at radius 2 is 1.74 bits per heavy atom. The number of anilines is 1. The van der Waals surface area contributed by atoms with Gasteiger partial charge in [-0.3, -0.25) is 4.79 Å². The zero-order valence-electron chi connectivity index (χ0n) is 20.2. The first kappa shape index (κ1) is 23.3. The first-order valence-electron chi connectivity index (χ1n) is 12.0. The topological polar surface area (TPSA) is 75.4 Å². The highest BCUT2D eigenvalue weighted by Gasteiger charge is 2.27. The molecule has 0 radical (unpaired) electrons. The second kappa shape index (κ2) is 9.66. The van der Waals surface area contributed by atoms with Crippen LogP contribution in [-0.2, 0) is 4.79 Å². The van der Waals surface area contributed by atoms with Crippen molar-refractivity contribution < 1.29 is 4.79 Å². The fraction of sp³-hybridized carbons (Fsp3) is 0.333. The largest absolute Gasteiger partial charge is 0.355 e. The highest BCUT2D eigenvalue weighted by Crippen LogP contribution is 2.25. The molecule has 35 heavy (non-hydrogen) atoms. The van der Waals surface area contributed by atoms with Crippen LogP contribution in [0.1, 0.15) is 42.5 Å². The van der Waals surface area contributed by atoms with Gasteiger partial charge in [-0.1, -0.05) is 29.8 Å². The van der Waals surface area contributed by atoms with E-state index >= 15 is 0 Å². The van der Waals surface area contributed by atoms with Crippen LogP contribution in [-0.4, -0.2) is 38.8 Å². The Balaban J connectivity index is 1.24. The van der Waals surface area contributed by atoms with Crippen LogP contribution < -0.4 is 10.2 Å². The summed E-state index contributed by atoms with van der Waals surface area (Å²) in [7, 11) is 0. The second-order valence-corrected chi connectivity index (χ2v) is 9.76. The lowest BCUT2D eigenvalue weighted by molar-refractivity contribution is -0.126. The van der Waals surface area contributed by atoms with Gasteiger partial charge in [-0.2, -0.15) is 4.52 Å². The van der Waals surface area contributed by atoms with Crippen molar-refractivity contribution in [2.24, 2.45) is 5.92 Å². The van der Waals surface area contributed by atoms with Crippen LogP contribution in [0.5, 0.6) is 0 Å². The Hall–Kier alpha value is -3.45. The summed E-state index contributed by atoms with van der Waals surface area (Å²) < 4.78 is 1.77. The van der Waals surface area contributed by atoms with E-state index in [1.54, 1.807) is 4.52 Å². The number of carbonyl (C=O) groups is 1. The van der Waals surface area contributed by atoms with Gasteiger partial charge in [0, 0.05) is 29.6 Å². The summed E-state index contributed by atoms with van der Waals surface area (Å²) in [5.41, 5.74) is 5.24. The molecule has 4 aromatic rings. The Labute approximate surface area is 210 Å². The van der Waals surface area contributed by atoms with E-state index in [0.29, 0.717) is 16.5 Å². The van der Waals surface area contributed by atoms with Gasteiger partial charge < -0.3 is 10.2 Å². The van der Waals surface area contributed by atoms with Crippen LogP contribution in [0.15, 0.2) is 54.6 Å². The number of piperidine rings is 1. The van der Waals surface area contributed by atoms with Crippen molar-refractivity contribution in [1.82, 2.24) is 25.1 Å². The van der Waals surface area contributed by atoms with Crippen molar-refractivity contribution in [3.63, 3.8) is 0 Å². The third-order valence-corrected chi connectivity index (χ3v) is 7.18. The lowest BCUT2D eigenvalue weighted by Gasteiger charge is -2.32. The number of nitrogens with one attached hydrogen (secondary N) is 1. The zero-order chi connectivity index (χ0) is 24.5. The third-order valence-electron chi connectivity index (χ3n) is 6.93. The van der Waals surface area contributed by atoms with E-state index in [0.717, 1.165) is 42.9 Å². The normalized spacial score (nSPS) is 15.4. The van der Waals surface area contributed by atoms with Crippen LogP contribution in [0.2, 0.25) is 5.02 Å². The van der Waals surface area contributed by atoms with E-state index in [-0.39, 0.29) is 17.9 Å². The number of nitrogens with zero attached hydrogens (tertiary/aromatic N) is 5. The van der Waals surface area contributed by atoms with E-state index in [9.17, 15) is 4.79 Å². The summed E-state index contributed by atoms with van der Waals surface area (Å²) in [4.78, 5) is 15.2. The minimum Gasteiger partial charge on any atom is -0.355 e. The number of benzene rings is 2. The molecule has 1 aliphatic heterocycles. The number of hydrogen-bond acceptors (Lipinski definition) is 5. The predicted molar refractivity (Wildman–Crippen MR) is 139 cm³/mol. The molecule has 2 aromatic heterocycles. The van der Waals surface area contributed by atoms with Crippen molar-refractivity contribution in [2.45, 2.75) is 39.7 Å². The Morgan fingerprint density at radius 1 is 1.00 bits per heavy atom. The van der Waals surface area contributed by atoms with Gasteiger partial charge in [0.2, 0.25) is 5.91 Å². The first-order valence-corrected chi connectivity index (χ1v) is 12.4. The van der Waals surface area contributed by atoms with Gasteiger partial charge in [0.25, 0.3) is 0 Å². The van der Waals surface area contributed by atoms with Gasteiger partial charge in [-0.25, -0.2) is 0 Å². The van der Waals surface area contributed by atoms with Crippen molar-refractivity contribution >= 4 is 29.0 Å². The summed E-state index contributed by atoms with van der Waals surface area (Å²) in [6, 6.07) is 17.8. The molecule has 1 fully saturated rings. The molecule has 180 valence electrons. The molecule has 0 unspecified atom stereocenters. The van der Waals surface area contributed by atoms with Crippen LogP contribution in [0.25, 0.3) is 17.0 Å². The number of hydrogen-bond donors (Lipinski definition) is 1. The average molecular weight is 489 g/mol. The number of carbonyl (C=O) groups excluding carboxylic acids is 1. The zero-order valence-corrected chi connectivity index (χ0v) is 21.0. The summed E-state index contributed by atoms with van der Waals surface area (Å²) >= 11 is 6.03. The quantitative estimate of drug-likeness (QED) is 0.420. The highest BCUT2D eigenvalue weighted by atomic mass is 35.5. The molecular formula is C27H29ClN6O.